The summed E-state index contributed by atoms with van der Waals surface area (Å²) in [4.78, 5) is 13.0. The van der Waals surface area contributed by atoms with Crippen LogP contribution >= 0.6 is 11.3 Å². The van der Waals surface area contributed by atoms with Crippen molar-refractivity contribution < 1.29 is 9.50 Å². The van der Waals surface area contributed by atoms with Crippen molar-refractivity contribution in [3.05, 3.63) is 35.2 Å². The van der Waals surface area contributed by atoms with E-state index in [9.17, 15) is 9.50 Å². The molecule has 138 valence electrons. The predicted molar refractivity (Wildman–Crippen MR) is 104 cm³/mol. The van der Waals surface area contributed by atoms with Gasteiger partial charge in [-0.05, 0) is 26.0 Å². The second-order valence-electron chi connectivity index (χ2n) is 6.36. The first-order chi connectivity index (χ1) is 13.1. The van der Waals surface area contributed by atoms with Gasteiger partial charge in [-0.1, -0.05) is 11.8 Å². The number of rotatable bonds is 3. The first-order valence-corrected chi connectivity index (χ1v) is 9.56. The number of hydrogen-bond donors (Lipinski definition) is 3. The molecule has 1 saturated heterocycles. The van der Waals surface area contributed by atoms with E-state index in [0.29, 0.717) is 22.5 Å². The topological polar surface area (TPSA) is 83.0 Å². The number of anilines is 1. The summed E-state index contributed by atoms with van der Waals surface area (Å²) in [5.74, 6) is 6.18. The van der Waals surface area contributed by atoms with Gasteiger partial charge in [-0.25, -0.2) is 14.4 Å². The van der Waals surface area contributed by atoms with Crippen molar-refractivity contribution >= 4 is 27.4 Å². The number of aliphatic hydroxyl groups excluding tert-OH is 1. The van der Waals surface area contributed by atoms with Crippen LogP contribution in [0.5, 0.6) is 0 Å². The Hall–Kier alpha value is -2.60. The molecular formula is C19H18FN5OS. The highest BCUT2D eigenvalue weighted by molar-refractivity contribution is 7.18. The van der Waals surface area contributed by atoms with Crippen LogP contribution in [-0.2, 0) is 0 Å². The fraction of sp³-hybridized carbons (Fsp3) is 0.316. The van der Waals surface area contributed by atoms with Gasteiger partial charge in [0.05, 0.1) is 22.0 Å². The second-order valence-corrected chi connectivity index (χ2v) is 7.24. The highest BCUT2D eigenvalue weighted by Crippen LogP contribution is 2.33. The maximum absolute atomic E-state index is 14.3. The van der Waals surface area contributed by atoms with Crippen molar-refractivity contribution in [2.45, 2.75) is 25.5 Å². The number of thiophene rings is 1. The van der Waals surface area contributed by atoms with Gasteiger partial charge in [0.25, 0.3) is 0 Å². The fourth-order valence-electron chi connectivity index (χ4n) is 2.94. The van der Waals surface area contributed by atoms with Gasteiger partial charge in [-0.3, -0.25) is 4.98 Å². The third-order valence-corrected chi connectivity index (χ3v) is 5.22. The lowest BCUT2D eigenvalue weighted by Gasteiger charge is -2.14. The Balaban J connectivity index is 1.86. The van der Waals surface area contributed by atoms with Gasteiger partial charge in [0, 0.05) is 24.2 Å². The summed E-state index contributed by atoms with van der Waals surface area (Å²) >= 11 is 1.49. The maximum Gasteiger partial charge on any atom is 0.165 e. The minimum absolute atomic E-state index is 0.257. The molecule has 1 fully saturated rings. The molecule has 0 bridgehead atoms. The number of nitrogens with zero attached hydrogens (tertiary/aromatic N) is 3. The molecule has 4 rings (SSSR count). The highest BCUT2D eigenvalue weighted by Gasteiger charge is 2.20. The lowest BCUT2D eigenvalue weighted by Crippen LogP contribution is -2.23. The molecule has 8 heteroatoms. The summed E-state index contributed by atoms with van der Waals surface area (Å²) in [6.07, 6.45) is 2.92. The van der Waals surface area contributed by atoms with Crippen LogP contribution in [0.1, 0.15) is 18.9 Å². The summed E-state index contributed by atoms with van der Waals surface area (Å²) in [6, 6.07) is 1.82. The van der Waals surface area contributed by atoms with E-state index in [-0.39, 0.29) is 11.9 Å². The maximum atomic E-state index is 14.3. The Morgan fingerprint density at radius 2 is 2.33 bits per heavy atom. The molecule has 0 unspecified atom stereocenters. The molecule has 27 heavy (non-hydrogen) atoms. The monoisotopic (exact) mass is 383 g/mol. The molecule has 6 nitrogen and oxygen atoms in total. The zero-order chi connectivity index (χ0) is 18.8. The molecule has 1 aliphatic rings. The zero-order valence-corrected chi connectivity index (χ0v) is 15.5. The van der Waals surface area contributed by atoms with E-state index >= 15 is 0 Å². The molecular weight excluding hydrogens is 365 g/mol. The molecule has 0 saturated carbocycles. The van der Waals surface area contributed by atoms with E-state index in [1.54, 1.807) is 13.0 Å². The smallest absolute Gasteiger partial charge is 0.165 e. The molecule has 0 aliphatic carbocycles. The highest BCUT2D eigenvalue weighted by atomic mass is 32.1. The Kier molecular flexibility index (Phi) is 4.99. The zero-order valence-electron chi connectivity index (χ0n) is 14.7. The minimum Gasteiger partial charge on any atom is -0.381 e. The largest absolute Gasteiger partial charge is 0.381 e. The molecule has 2 atom stereocenters. The molecule has 0 aromatic carbocycles. The molecule has 3 aromatic heterocycles. The normalized spacial score (nSPS) is 17.5. The van der Waals surface area contributed by atoms with Gasteiger partial charge >= 0.3 is 0 Å². The summed E-state index contributed by atoms with van der Waals surface area (Å²) in [6.45, 7) is 3.41. The summed E-state index contributed by atoms with van der Waals surface area (Å²) in [7, 11) is 0. The second kappa shape index (κ2) is 7.56. The number of hydrogen-bond acceptors (Lipinski definition) is 7. The van der Waals surface area contributed by atoms with Gasteiger partial charge in [-0.15, -0.1) is 11.3 Å². The molecule has 1 aliphatic heterocycles. The van der Waals surface area contributed by atoms with E-state index in [1.807, 2.05) is 5.38 Å². The Morgan fingerprint density at radius 3 is 3.07 bits per heavy atom. The number of pyridine rings is 1. The van der Waals surface area contributed by atoms with Crippen molar-refractivity contribution in [3.63, 3.8) is 0 Å². The third-order valence-electron chi connectivity index (χ3n) is 4.25. The van der Waals surface area contributed by atoms with Crippen LogP contribution in [0.4, 0.5) is 10.2 Å². The number of aromatic nitrogens is 3. The van der Waals surface area contributed by atoms with Gasteiger partial charge in [0.2, 0.25) is 0 Å². The third kappa shape index (κ3) is 3.76. The standard InChI is InChI=1S/C19H18FN5OS/c1-11(26)2-3-12-10-27-17-16(12)24-18(14-5-7-22-9-15(14)20)25-19(17)23-13-4-6-21-8-13/h5,7,9-11,13,21,26H,4,6,8H2,1H3,(H,23,24,25)/t11-,13+/m0/s1. The van der Waals surface area contributed by atoms with Gasteiger partial charge in [0.1, 0.15) is 17.4 Å². The van der Waals surface area contributed by atoms with Crippen molar-refractivity contribution in [1.82, 2.24) is 20.3 Å². The SMILES string of the molecule is C[C@H](O)C#Cc1csc2c(N[C@@H]3CCNC3)nc(-c3ccncc3F)nc12. The van der Waals surface area contributed by atoms with Crippen molar-refractivity contribution in [2.75, 3.05) is 18.4 Å². The van der Waals surface area contributed by atoms with E-state index in [2.05, 4.69) is 37.4 Å². The van der Waals surface area contributed by atoms with Crippen LogP contribution in [0.15, 0.2) is 23.8 Å². The molecule has 0 spiro atoms. The Morgan fingerprint density at radius 1 is 1.44 bits per heavy atom. The van der Waals surface area contributed by atoms with Crippen LogP contribution in [0.2, 0.25) is 0 Å². The van der Waals surface area contributed by atoms with Crippen molar-refractivity contribution in [2.24, 2.45) is 0 Å². The summed E-state index contributed by atoms with van der Waals surface area (Å²) < 4.78 is 15.1. The van der Waals surface area contributed by atoms with E-state index < -0.39 is 11.9 Å². The number of aliphatic hydroxyl groups is 1. The lowest BCUT2D eigenvalue weighted by molar-refractivity contribution is 0.253. The van der Waals surface area contributed by atoms with Crippen LogP contribution in [0, 0.1) is 17.7 Å². The molecule has 4 heterocycles. The average Bonchev–Trinajstić information content (AvgIpc) is 3.30. The quantitative estimate of drug-likeness (QED) is 0.603. The first-order valence-electron chi connectivity index (χ1n) is 8.68. The molecule has 0 radical (unpaired) electrons. The summed E-state index contributed by atoms with van der Waals surface area (Å²) in [5.41, 5.74) is 1.64. The van der Waals surface area contributed by atoms with Gasteiger partial charge in [-0.2, -0.15) is 0 Å². The van der Waals surface area contributed by atoms with Gasteiger partial charge < -0.3 is 15.7 Å². The predicted octanol–water partition coefficient (Wildman–Crippen LogP) is 2.40. The van der Waals surface area contributed by atoms with Crippen LogP contribution < -0.4 is 10.6 Å². The van der Waals surface area contributed by atoms with E-state index in [1.165, 1.54) is 17.5 Å². The molecule has 3 N–H and O–H groups in total. The van der Waals surface area contributed by atoms with Crippen LogP contribution in [0.3, 0.4) is 0 Å². The number of fused-ring (bicyclic) bond motifs is 1. The Labute approximate surface area is 159 Å². The lowest BCUT2D eigenvalue weighted by atomic mass is 10.2. The Bertz CT molecular complexity index is 1030. The van der Waals surface area contributed by atoms with E-state index in [0.717, 1.165) is 30.4 Å². The fourth-order valence-corrected chi connectivity index (χ4v) is 3.82. The van der Waals surface area contributed by atoms with Gasteiger partial charge in [0.15, 0.2) is 11.6 Å². The van der Waals surface area contributed by atoms with E-state index in [4.69, 9.17) is 0 Å². The first kappa shape index (κ1) is 17.8. The summed E-state index contributed by atoms with van der Waals surface area (Å²) in [5, 5.41) is 18.1. The number of halogens is 1. The number of nitrogens with one attached hydrogen (secondary N) is 2. The minimum atomic E-state index is -0.735. The average molecular weight is 383 g/mol. The van der Waals surface area contributed by atoms with Crippen LogP contribution in [0.25, 0.3) is 21.6 Å². The van der Waals surface area contributed by atoms with Crippen molar-refractivity contribution in [1.29, 1.82) is 0 Å². The van der Waals surface area contributed by atoms with Crippen molar-refractivity contribution in [3.8, 4) is 23.2 Å². The molecule has 0 amide bonds. The van der Waals surface area contributed by atoms with Crippen LogP contribution in [-0.4, -0.2) is 45.3 Å². The molecule has 3 aromatic rings.